The lowest BCUT2D eigenvalue weighted by Gasteiger charge is -2.40. The monoisotopic (exact) mass is 670 g/mol. The average molecular weight is 671 g/mol. The maximum Gasteiger partial charge on any atom is 0.317 e. The molecule has 6 rings (SSSR count). The molecule has 0 N–H and O–H groups in total. The molecule has 0 radical (unpaired) electrons. The minimum atomic E-state index is -2.34. The maximum atomic E-state index is 13.7. The van der Waals surface area contributed by atoms with E-state index in [4.69, 9.17) is 8.37 Å². The summed E-state index contributed by atoms with van der Waals surface area (Å²) >= 11 is 0. The highest BCUT2D eigenvalue weighted by atomic mass is 32.3. The summed E-state index contributed by atoms with van der Waals surface area (Å²) in [5.74, 6) is -0.597. The highest BCUT2D eigenvalue weighted by Gasteiger charge is 2.36. The summed E-state index contributed by atoms with van der Waals surface area (Å²) in [5.41, 5.74) is 0. The second-order valence-corrected chi connectivity index (χ2v) is 16.5. The molecule has 6 heteroatoms. The fourth-order valence-electron chi connectivity index (χ4n) is 5.68. The molecule has 4 nitrogen and oxygen atoms in total. The summed E-state index contributed by atoms with van der Waals surface area (Å²) in [6.45, 7) is 0. The fraction of sp³-hybridized carbons (Fsp3) is 0.0952. The molecule has 242 valence electrons. The molecule has 0 heterocycles. The molecule has 0 aromatic heterocycles. The van der Waals surface area contributed by atoms with Crippen LogP contribution >= 0.6 is 20.6 Å². The van der Waals surface area contributed by atoms with Crippen molar-refractivity contribution in [1.82, 2.24) is 0 Å². The first-order valence-corrected chi connectivity index (χ1v) is 19.2. The van der Waals surface area contributed by atoms with Crippen molar-refractivity contribution in [3.8, 4) is 0 Å². The van der Waals surface area contributed by atoms with Crippen LogP contribution in [-0.2, 0) is 18.0 Å². The van der Waals surface area contributed by atoms with Gasteiger partial charge < -0.3 is 8.37 Å². The molecular formula is C42H38O4S2. The molecule has 0 bridgehead atoms. The summed E-state index contributed by atoms with van der Waals surface area (Å²) in [6.07, 6.45) is 1.35. The van der Waals surface area contributed by atoms with Crippen LogP contribution in [-0.4, -0.2) is 11.9 Å². The van der Waals surface area contributed by atoms with E-state index in [1.807, 2.05) is 182 Å². The number of carbonyl (C=O) groups excluding carboxylic acids is 2. The minimum Gasteiger partial charge on any atom is -0.402 e. The summed E-state index contributed by atoms with van der Waals surface area (Å²) in [5, 5.41) is 0. The van der Waals surface area contributed by atoms with Crippen LogP contribution in [0.15, 0.2) is 211 Å². The van der Waals surface area contributed by atoms with Crippen molar-refractivity contribution >= 4 is 32.6 Å². The number of unbranched alkanes of at least 4 members (excludes halogenated alkanes) is 1. The zero-order chi connectivity index (χ0) is 33.1. The number of carbonyl (C=O) groups is 2. The largest absolute Gasteiger partial charge is 0.402 e. The van der Waals surface area contributed by atoms with E-state index in [2.05, 4.69) is 0 Å². The quantitative estimate of drug-likeness (QED) is 0.115. The van der Waals surface area contributed by atoms with Gasteiger partial charge in [0, 0.05) is 42.2 Å². The van der Waals surface area contributed by atoms with Crippen LogP contribution in [0.1, 0.15) is 25.7 Å². The zero-order valence-corrected chi connectivity index (χ0v) is 28.2. The van der Waals surface area contributed by atoms with E-state index in [-0.39, 0.29) is 24.8 Å². The van der Waals surface area contributed by atoms with Crippen molar-refractivity contribution in [1.29, 1.82) is 0 Å². The zero-order valence-electron chi connectivity index (χ0n) is 26.6. The van der Waals surface area contributed by atoms with Gasteiger partial charge in [-0.3, -0.25) is 9.59 Å². The van der Waals surface area contributed by atoms with Crippen molar-refractivity contribution in [3.05, 3.63) is 182 Å². The van der Waals surface area contributed by atoms with E-state index >= 15 is 0 Å². The Kier molecular flexibility index (Phi) is 10.8. The lowest BCUT2D eigenvalue weighted by Crippen LogP contribution is -2.15. The standard InChI is InChI=1S/C42H38O4S2/c43-41(45-47(35-21-7-1-8-22-35,36-23-9-2-10-24-36)37-25-11-3-12-26-37)33-19-20-34-42(44)46-48(38-27-13-4-14-28-38,39-29-15-5-16-30-39)40-31-17-6-18-32-40/h1-18,21-32H,19-20,33-34H2. The predicted octanol–water partition coefficient (Wildman–Crippen LogP) is 11.4. The molecule has 48 heavy (non-hydrogen) atoms. The van der Waals surface area contributed by atoms with E-state index in [1.54, 1.807) is 0 Å². The maximum absolute atomic E-state index is 13.7. The molecule has 0 saturated heterocycles. The molecule has 6 aromatic carbocycles. The van der Waals surface area contributed by atoms with Gasteiger partial charge >= 0.3 is 11.9 Å². The number of rotatable bonds is 13. The van der Waals surface area contributed by atoms with E-state index in [9.17, 15) is 9.59 Å². The Hall–Kier alpha value is -5.04. The van der Waals surface area contributed by atoms with Gasteiger partial charge in [0.15, 0.2) is 0 Å². The number of hydrogen-bond acceptors (Lipinski definition) is 4. The highest BCUT2D eigenvalue weighted by molar-refractivity contribution is 8.30. The molecule has 0 saturated carbocycles. The van der Waals surface area contributed by atoms with Crippen molar-refractivity contribution in [3.63, 3.8) is 0 Å². The number of benzene rings is 6. The molecule has 0 aliphatic carbocycles. The van der Waals surface area contributed by atoms with Crippen LogP contribution in [0.25, 0.3) is 0 Å². The Bertz CT molecular complexity index is 1550. The first-order chi connectivity index (χ1) is 23.6. The molecule has 0 fully saturated rings. The van der Waals surface area contributed by atoms with E-state index in [0.29, 0.717) is 12.8 Å². The van der Waals surface area contributed by atoms with Crippen LogP contribution < -0.4 is 0 Å². The van der Waals surface area contributed by atoms with Crippen LogP contribution in [0.3, 0.4) is 0 Å². The topological polar surface area (TPSA) is 52.6 Å². The van der Waals surface area contributed by atoms with Crippen LogP contribution in [0.2, 0.25) is 0 Å². The third-order valence-corrected chi connectivity index (χ3v) is 14.4. The van der Waals surface area contributed by atoms with E-state index in [0.717, 1.165) is 29.4 Å². The Morgan fingerprint density at radius 2 is 0.521 bits per heavy atom. The first-order valence-electron chi connectivity index (χ1n) is 16.0. The first kappa shape index (κ1) is 32.9. The molecule has 0 amide bonds. The van der Waals surface area contributed by atoms with E-state index < -0.39 is 20.6 Å². The normalized spacial score (nSPS) is 12.1. The van der Waals surface area contributed by atoms with Crippen molar-refractivity contribution in [2.45, 2.75) is 55.1 Å². The average Bonchev–Trinajstić information content (AvgIpc) is 3.17. The van der Waals surface area contributed by atoms with Crippen molar-refractivity contribution < 1.29 is 18.0 Å². The summed E-state index contributed by atoms with van der Waals surface area (Å²) in [7, 11) is -4.68. The Morgan fingerprint density at radius 1 is 0.333 bits per heavy atom. The Morgan fingerprint density at radius 3 is 0.708 bits per heavy atom. The molecule has 0 aliphatic heterocycles. The summed E-state index contributed by atoms with van der Waals surface area (Å²) in [4.78, 5) is 33.1. The highest BCUT2D eigenvalue weighted by Crippen LogP contribution is 2.70. The van der Waals surface area contributed by atoms with Gasteiger partial charge in [0.1, 0.15) is 0 Å². The Balaban J connectivity index is 1.20. The second kappa shape index (κ2) is 15.7. The smallest absolute Gasteiger partial charge is 0.317 e. The number of hydrogen-bond donors (Lipinski definition) is 0. The lowest BCUT2D eigenvalue weighted by atomic mass is 10.2. The van der Waals surface area contributed by atoms with Crippen LogP contribution in [0.5, 0.6) is 0 Å². The lowest BCUT2D eigenvalue weighted by molar-refractivity contribution is -0.135. The van der Waals surface area contributed by atoms with Gasteiger partial charge in [0.25, 0.3) is 0 Å². The SMILES string of the molecule is O=C(CCCCC(=O)OS(c1ccccc1)(c1ccccc1)c1ccccc1)OS(c1ccccc1)(c1ccccc1)c1ccccc1. The van der Waals surface area contributed by atoms with Gasteiger partial charge in [-0.05, 0) is 106 Å². The van der Waals surface area contributed by atoms with E-state index in [1.165, 1.54) is 0 Å². The Labute approximate surface area is 286 Å². The van der Waals surface area contributed by atoms with Gasteiger partial charge in [0.05, 0.1) is 0 Å². The van der Waals surface area contributed by atoms with Crippen molar-refractivity contribution in [2.24, 2.45) is 0 Å². The predicted molar refractivity (Wildman–Crippen MR) is 194 cm³/mol. The van der Waals surface area contributed by atoms with Crippen molar-refractivity contribution in [2.75, 3.05) is 0 Å². The van der Waals surface area contributed by atoms with Crippen LogP contribution in [0.4, 0.5) is 0 Å². The molecule has 0 atom stereocenters. The van der Waals surface area contributed by atoms with Gasteiger partial charge in [0.2, 0.25) is 0 Å². The third-order valence-electron chi connectivity index (χ3n) is 7.90. The molecule has 0 spiro atoms. The van der Waals surface area contributed by atoms with Gasteiger partial charge in [-0.2, -0.15) is 0 Å². The van der Waals surface area contributed by atoms with Gasteiger partial charge in [-0.25, -0.2) is 0 Å². The molecule has 0 unspecified atom stereocenters. The summed E-state index contributed by atoms with van der Waals surface area (Å²) < 4.78 is 13.2. The molecule has 0 aliphatic rings. The van der Waals surface area contributed by atoms with Gasteiger partial charge in [-0.1, -0.05) is 109 Å². The fourth-order valence-corrected chi connectivity index (χ4v) is 11.9. The third kappa shape index (κ3) is 7.10. The molecule has 6 aromatic rings. The minimum absolute atomic E-state index is 0.183. The summed E-state index contributed by atoms with van der Waals surface area (Å²) in [6, 6.07) is 59.8. The van der Waals surface area contributed by atoms with Crippen LogP contribution in [0, 0.1) is 0 Å². The second-order valence-electron chi connectivity index (χ2n) is 11.1. The van der Waals surface area contributed by atoms with Gasteiger partial charge in [-0.15, -0.1) is 0 Å². The molecular weight excluding hydrogens is 633 g/mol.